The lowest BCUT2D eigenvalue weighted by atomic mass is 9.85. The first-order valence-electron chi connectivity index (χ1n) is 8.61. The predicted molar refractivity (Wildman–Crippen MR) is 101 cm³/mol. The molecule has 0 radical (unpaired) electrons. The van der Waals surface area contributed by atoms with Gasteiger partial charge in [-0.2, -0.15) is 0 Å². The third-order valence-corrected chi connectivity index (χ3v) is 4.96. The molecule has 24 heavy (non-hydrogen) atoms. The fourth-order valence-electron chi connectivity index (χ4n) is 3.13. The van der Waals surface area contributed by atoms with E-state index in [9.17, 15) is 4.39 Å². The number of hydrogen-bond acceptors (Lipinski definition) is 1. The molecule has 0 N–H and O–H groups in total. The second-order valence-corrected chi connectivity index (χ2v) is 6.71. The Morgan fingerprint density at radius 1 is 1.25 bits per heavy atom. The van der Waals surface area contributed by atoms with Gasteiger partial charge in [0, 0.05) is 17.6 Å². The van der Waals surface area contributed by atoms with Gasteiger partial charge >= 0.3 is 0 Å². The quantitative estimate of drug-likeness (QED) is 0.615. The van der Waals surface area contributed by atoms with Crippen LogP contribution in [0.15, 0.2) is 65.7 Å². The van der Waals surface area contributed by atoms with Crippen LogP contribution in [0.25, 0.3) is 0 Å². The molecule has 0 aromatic heterocycles. The molecule has 0 spiro atoms. The number of benzene rings is 1. The number of rotatable bonds is 5. The van der Waals surface area contributed by atoms with Crippen molar-refractivity contribution in [3.05, 3.63) is 82.6 Å². The van der Waals surface area contributed by atoms with Crippen LogP contribution in [0.1, 0.15) is 45.2 Å². The molecule has 0 saturated carbocycles. The Labute approximate surface area is 145 Å². The molecule has 128 valence electrons. The molecule has 0 aliphatic carbocycles. The van der Waals surface area contributed by atoms with E-state index in [1.807, 2.05) is 13.0 Å². The Hall–Kier alpha value is -2.09. The van der Waals surface area contributed by atoms with E-state index in [0.717, 1.165) is 23.2 Å². The zero-order chi connectivity index (χ0) is 17.9. The summed E-state index contributed by atoms with van der Waals surface area (Å²) in [6, 6.07) is 5.31. The lowest BCUT2D eigenvalue weighted by Crippen LogP contribution is -2.23. The van der Waals surface area contributed by atoms with Crippen LogP contribution < -0.4 is 0 Å². The minimum atomic E-state index is -0.108. The number of nitrogens with zero attached hydrogens (tertiary/aromatic N) is 1. The van der Waals surface area contributed by atoms with Gasteiger partial charge in [-0.05, 0) is 75.3 Å². The summed E-state index contributed by atoms with van der Waals surface area (Å²) in [5, 5.41) is 0. The highest BCUT2D eigenvalue weighted by atomic mass is 19.1. The standard InChI is InChI=1S/C22H28FN/c1-7-19(14-21-16(4)10-8-12-22(21)23)20-11-9-13-24(18(20)6)17(5)15(2)3/h8-13,19H,6-7,14H2,1-5H3. The molecule has 0 amide bonds. The van der Waals surface area contributed by atoms with E-state index in [0.29, 0.717) is 6.42 Å². The summed E-state index contributed by atoms with van der Waals surface area (Å²) in [7, 11) is 0. The second kappa shape index (κ2) is 7.65. The normalized spacial score (nSPS) is 15.3. The zero-order valence-corrected chi connectivity index (χ0v) is 15.5. The Morgan fingerprint density at radius 3 is 2.54 bits per heavy atom. The molecule has 1 heterocycles. The molecule has 0 fully saturated rings. The van der Waals surface area contributed by atoms with Crippen LogP contribution in [-0.2, 0) is 6.42 Å². The number of aryl methyl sites for hydroxylation is 1. The molecule has 1 atom stereocenters. The Balaban J connectivity index is 2.31. The Kier molecular flexibility index (Phi) is 5.82. The maximum atomic E-state index is 14.2. The van der Waals surface area contributed by atoms with Gasteiger partial charge in [-0.15, -0.1) is 0 Å². The SMILES string of the molecule is C=C1C(C(CC)Cc2c(C)cccc2F)=CC=CN1C(C)=C(C)C. The molecule has 1 aromatic carbocycles. The van der Waals surface area contributed by atoms with Crippen LogP contribution in [0.3, 0.4) is 0 Å². The largest absolute Gasteiger partial charge is 0.322 e. The van der Waals surface area contributed by atoms with E-state index < -0.39 is 0 Å². The topological polar surface area (TPSA) is 3.24 Å². The van der Waals surface area contributed by atoms with Crippen molar-refractivity contribution in [3.8, 4) is 0 Å². The van der Waals surface area contributed by atoms with Gasteiger partial charge < -0.3 is 4.90 Å². The highest BCUT2D eigenvalue weighted by molar-refractivity contribution is 5.42. The van der Waals surface area contributed by atoms with Crippen molar-refractivity contribution in [2.75, 3.05) is 0 Å². The lowest BCUT2D eigenvalue weighted by molar-refractivity contribution is 0.504. The van der Waals surface area contributed by atoms with Gasteiger partial charge in [-0.25, -0.2) is 4.39 Å². The Bertz CT molecular complexity index is 697. The minimum Gasteiger partial charge on any atom is -0.322 e. The molecular formula is C22H28FN. The molecule has 2 rings (SSSR count). The van der Waals surface area contributed by atoms with Crippen molar-refractivity contribution in [2.45, 2.75) is 47.5 Å². The molecule has 1 unspecified atom stereocenters. The van der Waals surface area contributed by atoms with Crippen LogP contribution in [0, 0.1) is 18.7 Å². The van der Waals surface area contributed by atoms with Gasteiger partial charge in [0.15, 0.2) is 0 Å². The van der Waals surface area contributed by atoms with E-state index in [1.165, 1.54) is 16.8 Å². The summed E-state index contributed by atoms with van der Waals surface area (Å²) in [4.78, 5) is 2.14. The highest BCUT2D eigenvalue weighted by Crippen LogP contribution is 2.33. The van der Waals surface area contributed by atoms with Crippen LogP contribution in [0.4, 0.5) is 4.39 Å². The predicted octanol–water partition coefficient (Wildman–Crippen LogP) is 6.29. The third kappa shape index (κ3) is 3.69. The minimum absolute atomic E-state index is 0.108. The Morgan fingerprint density at radius 2 is 1.96 bits per heavy atom. The van der Waals surface area contributed by atoms with Gasteiger partial charge in [0.05, 0.1) is 0 Å². The van der Waals surface area contributed by atoms with Gasteiger partial charge in [0.1, 0.15) is 5.82 Å². The van der Waals surface area contributed by atoms with E-state index in [4.69, 9.17) is 0 Å². The second-order valence-electron chi connectivity index (χ2n) is 6.71. The first kappa shape index (κ1) is 18.3. The van der Waals surface area contributed by atoms with Crippen molar-refractivity contribution >= 4 is 0 Å². The summed E-state index contributed by atoms with van der Waals surface area (Å²) in [5.74, 6) is 0.147. The van der Waals surface area contributed by atoms with Crippen LogP contribution in [0.2, 0.25) is 0 Å². The maximum absolute atomic E-state index is 14.2. The summed E-state index contributed by atoms with van der Waals surface area (Å²) >= 11 is 0. The van der Waals surface area contributed by atoms with Crippen molar-refractivity contribution in [3.63, 3.8) is 0 Å². The van der Waals surface area contributed by atoms with Gasteiger partial charge in [0.2, 0.25) is 0 Å². The van der Waals surface area contributed by atoms with Gasteiger partial charge in [0.25, 0.3) is 0 Å². The zero-order valence-electron chi connectivity index (χ0n) is 15.5. The smallest absolute Gasteiger partial charge is 0.126 e. The molecule has 2 heteroatoms. The fraction of sp³-hybridized carbons (Fsp3) is 0.364. The van der Waals surface area contributed by atoms with E-state index >= 15 is 0 Å². The van der Waals surface area contributed by atoms with Crippen LogP contribution >= 0.6 is 0 Å². The molecular weight excluding hydrogens is 297 g/mol. The first-order valence-corrected chi connectivity index (χ1v) is 8.61. The van der Waals surface area contributed by atoms with Crippen molar-refractivity contribution in [1.29, 1.82) is 0 Å². The summed E-state index contributed by atoms with van der Waals surface area (Å²) < 4.78 is 14.2. The van der Waals surface area contributed by atoms with Crippen LogP contribution in [0.5, 0.6) is 0 Å². The van der Waals surface area contributed by atoms with Crippen molar-refractivity contribution in [2.24, 2.45) is 5.92 Å². The average Bonchev–Trinajstić information content (AvgIpc) is 2.55. The van der Waals surface area contributed by atoms with E-state index in [1.54, 1.807) is 12.1 Å². The molecule has 1 aromatic rings. The summed E-state index contributed by atoms with van der Waals surface area (Å²) in [5.41, 5.74) is 6.49. The molecule has 1 aliphatic heterocycles. The molecule has 1 aliphatic rings. The van der Waals surface area contributed by atoms with Gasteiger partial charge in [-0.1, -0.05) is 37.3 Å². The van der Waals surface area contributed by atoms with E-state index in [-0.39, 0.29) is 11.7 Å². The first-order chi connectivity index (χ1) is 11.4. The van der Waals surface area contributed by atoms with E-state index in [2.05, 4.69) is 57.5 Å². The highest BCUT2D eigenvalue weighted by Gasteiger charge is 2.23. The summed E-state index contributed by atoms with van der Waals surface area (Å²) in [6.45, 7) is 14.8. The number of halogens is 1. The van der Waals surface area contributed by atoms with Crippen molar-refractivity contribution < 1.29 is 4.39 Å². The summed E-state index contributed by atoms with van der Waals surface area (Å²) in [6.07, 6.45) is 7.90. The lowest BCUT2D eigenvalue weighted by Gasteiger charge is -2.32. The van der Waals surface area contributed by atoms with Crippen molar-refractivity contribution in [1.82, 2.24) is 4.90 Å². The monoisotopic (exact) mass is 325 g/mol. The van der Waals surface area contributed by atoms with Gasteiger partial charge in [-0.3, -0.25) is 0 Å². The molecule has 0 saturated heterocycles. The maximum Gasteiger partial charge on any atom is 0.126 e. The molecule has 0 bridgehead atoms. The fourth-order valence-corrected chi connectivity index (χ4v) is 3.13. The van der Waals surface area contributed by atoms with Crippen LogP contribution in [-0.4, -0.2) is 4.90 Å². The molecule has 1 nitrogen and oxygen atoms in total. The average molecular weight is 325 g/mol. The number of hydrogen-bond donors (Lipinski definition) is 0. The third-order valence-electron chi connectivity index (χ3n) is 4.96. The number of allylic oxidation sites excluding steroid dienone is 5.